The van der Waals surface area contributed by atoms with Crippen molar-refractivity contribution in [3.05, 3.63) is 28.6 Å². The Morgan fingerprint density at radius 1 is 1.35 bits per heavy atom. The molecular formula is C13H18N2O4S. The summed E-state index contributed by atoms with van der Waals surface area (Å²) in [7, 11) is -3.67. The molecule has 1 aromatic rings. The van der Waals surface area contributed by atoms with Gasteiger partial charge >= 0.3 is 5.97 Å². The minimum atomic E-state index is -3.67. The molecule has 2 rings (SSSR count). The highest BCUT2D eigenvalue weighted by Gasteiger charge is 2.32. The van der Waals surface area contributed by atoms with Gasteiger partial charge in [0.15, 0.2) is 0 Å². The van der Waals surface area contributed by atoms with Crippen LogP contribution in [0.5, 0.6) is 0 Å². The van der Waals surface area contributed by atoms with E-state index in [0.29, 0.717) is 25.2 Å². The van der Waals surface area contributed by atoms with Crippen LogP contribution in [0.3, 0.4) is 0 Å². The van der Waals surface area contributed by atoms with Crippen LogP contribution in [0.15, 0.2) is 16.5 Å². The number of H-pyrrole nitrogens is 1. The van der Waals surface area contributed by atoms with Crippen LogP contribution < -0.4 is 0 Å². The molecule has 0 saturated heterocycles. The van der Waals surface area contributed by atoms with Crippen molar-refractivity contribution in [2.45, 2.75) is 32.1 Å². The third-order valence-electron chi connectivity index (χ3n) is 3.48. The molecule has 2 heterocycles. The van der Waals surface area contributed by atoms with Gasteiger partial charge in [-0.3, -0.25) is 0 Å². The molecule has 1 aliphatic rings. The zero-order chi connectivity index (χ0) is 15.1. The lowest BCUT2D eigenvalue weighted by molar-refractivity contribution is 0.0690. The molecule has 0 spiro atoms. The minimum Gasteiger partial charge on any atom is -0.477 e. The van der Waals surface area contributed by atoms with Gasteiger partial charge in [-0.15, -0.1) is 0 Å². The first-order valence-corrected chi connectivity index (χ1v) is 7.77. The van der Waals surface area contributed by atoms with E-state index < -0.39 is 16.0 Å². The fraction of sp³-hybridized carbons (Fsp3) is 0.462. The number of hydrogen-bond acceptors (Lipinski definition) is 3. The first-order valence-electron chi connectivity index (χ1n) is 6.33. The first-order chi connectivity index (χ1) is 9.25. The second kappa shape index (κ2) is 5.06. The minimum absolute atomic E-state index is 0.0645. The van der Waals surface area contributed by atoms with Gasteiger partial charge in [0, 0.05) is 24.3 Å². The molecule has 1 aliphatic heterocycles. The molecule has 0 unspecified atom stereocenters. The fourth-order valence-electron chi connectivity index (χ4n) is 2.54. The average Bonchev–Trinajstić information content (AvgIpc) is 2.65. The molecule has 0 bridgehead atoms. The molecule has 0 saturated carbocycles. The Kier molecular flexibility index (Phi) is 3.75. The lowest BCUT2D eigenvalue weighted by Gasteiger charge is -2.25. The van der Waals surface area contributed by atoms with E-state index >= 15 is 0 Å². The standard InChI is InChI=1S/C13H18N2O4S/c1-8-5-4-6-15(7-8)20(18,19)12-9(2)11(13(16)17)14-10(12)3/h5,14H,4,6-7H2,1-3H3,(H,16,17). The summed E-state index contributed by atoms with van der Waals surface area (Å²) in [5.74, 6) is -1.15. The van der Waals surface area contributed by atoms with Gasteiger partial charge in [-0.1, -0.05) is 11.6 Å². The Morgan fingerprint density at radius 2 is 2.00 bits per heavy atom. The second-order valence-corrected chi connectivity index (χ2v) is 6.94. The lowest BCUT2D eigenvalue weighted by Crippen LogP contribution is -2.35. The van der Waals surface area contributed by atoms with Crippen molar-refractivity contribution in [1.82, 2.24) is 9.29 Å². The zero-order valence-corrected chi connectivity index (χ0v) is 12.5. The number of sulfonamides is 1. The fourth-order valence-corrected chi connectivity index (χ4v) is 4.45. The highest BCUT2D eigenvalue weighted by atomic mass is 32.2. The highest BCUT2D eigenvalue weighted by Crippen LogP contribution is 2.28. The number of nitrogens with zero attached hydrogens (tertiary/aromatic N) is 1. The summed E-state index contributed by atoms with van der Waals surface area (Å²) in [5, 5.41) is 9.07. The van der Waals surface area contributed by atoms with Crippen molar-refractivity contribution in [3.8, 4) is 0 Å². The maximum atomic E-state index is 12.7. The van der Waals surface area contributed by atoms with Crippen molar-refractivity contribution in [3.63, 3.8) is 0 Å². The summed E-state index contributed by atoms with van der Waals surface area (Å²) in [4.78, 5) is 13.8. The van der Waals surface area contributed by atoms with Gasteiger partial charge in [0.2, 0.25) is 10.0 Å². The molecule has 0 aliphatic carbocycles. The predicted molar refractivity (Wildman–Crippen MR) is 74.4 cm³/mol. The molecule has 0 amide bonds. The van der Waals surface area contributed by atoms with Gasteiger partial charge in [-0.25, -0.2) is 13.2 Å². The Balaban J connectivity index is 2.50. The lowest BCUT2D eigenvalue weighted by atomic mass is 10.2. The summed E-state index contributed by atoms with van der Waals surface area (Å²) >= 11 is 0. The van der Waals surface area contributed by atoms with E-state index in [1.165, 1.54) is 11.2 Å². The van der Waals surface area contributed by atoms with Crippen molar-refractivity contribution in [2.75, 3.05) is 13.1 Å². The van der Waals surface area contributed by atoms with Crippen molar-refractivity contribution >= 4 is 16.0 Å². The molecule has 110 valence electrons. The molecular weight excluding hydrogens is 280 g/mol. The molecule has 2 N–H and O–H groups in total. The highest BCUT2D eigenvalue weighted by molar-refractivity contribution is 7.89. The summed E-state index contributed by atoms with van der Waals surface area (Å²) in [5.41, 5.74) is 1.57. The smallest absolute Gasteiger partial charge is 0.352 e. The van der Waals surface area contributed by atoms with E-state index in [1.807, 2.05) is 13.0 Å². The Morgan fingerprint density at radius 3 is 2.50 bits per heavy atom. The molecule has 0 fully saturated rings. The van der Waals surface area contributed by atoms with Crippen LogP contribution in [0.2, 0.25) is 0 Å². The summed E-state index contributed by atoms with van der Waals surface area (Å²) < 4.78 is 26.8. The van der Waals surface area contributed by atoms with Crippen LogP contribution in [0, 0.1) is 13.8 Å². The Hall–Kier alpha value is -1.60. The number of aryl methyl sites for hydroxylation is 1. The van der Waals surface area contributed by atoms with Crippen molar-refractivity contribution < 1.29 is 18.3 Å². The number of hydrogen-bond donors (Lipinski definition) is 2. The Labute approximate surface area is 118 Å². The van der Waals surface area contributed by atoms with E-state index in [-0.39, 0.29) is 16.2 Å². The van der Waals surface area contributed by atoms with E-state index in [2.05, 4.69) is 4.98 Å². The number of carboxylic acid groups (broad SMARTS) is 1. The number of aromatic amines is 1. The summed E-state index contributed by atoms with van der Waals surface area (Å²) in [6.45, 7) is 5.77. The molecule has 0 radical (unpaired) electrons. The van der Waals surface area contributed by atoms with Gasteiger partial charge in [0.05, 0.1) is 0 Å². The van der Waals surface area contributed by atoms with E-state index in [4.69, 9.17) is 5.11 Å². The van der Waals surface area contributed by atoms with Gasteiger partial charge in [-0.2, -0.15) is 4.31 Å². The van der Waals surface area contributed by atoms with Crippen molar-refractivity contribution in [2.24, 2.45) is 0 Å². The van der Waals surface area contributed by atoms with E-state index in [9.17, 15) is 13.2 Å². The summed E-state index contributed by atoms with van der Waals surface area (Å²) in [6, 6.07) is 0. The third kappa shape index (κ3) is 2.38. The first kappa shape index (κ1) is 14.8. The quantitative estimate of drug-likeness (QED) is 0.831. The maximum Gasteiger partial charge on any atom is 0.352 e. The molecule has 0 aromatic carbocycles. The van der Waals surface area contributed by atoms with Crippen LogP contribution in [0.4, 0.5) is 0 Å². The number of aromatic nitrogens is 1. The Bertz CT molecular complexity index is 685. The number of aromatic carboxylic acids is 1. The van der Waals surface area contributed by atoms with Crippen LogP contribution in [-0.2, 0) is 10.0 Å². The van der Waals surface area contributed by atoms with E-state index in [0.717, 1.165) is 5.57 Å². The maximum absolute atomic E-state index is 12.7. The van der Waals surface area contributed by atoms with Crippen LogP contribution in [-0.4, -0.2) is 41.9 Å². The van der Waals surface area contributed by atoms with Gasteiger partial charge in [-0.05, 0) is 27.2 Å². The van der Waals surface area contributed by atoms with Gasteiger partial charge in [0.1, 0.15) is 10.6 Å². The van der Waals surface area contributed by atoms with Crippen LogP contribution in [0.25, 0.3) is 0 Å². The third-order valence-corrected chi connectivity index (χ3v) is 5.60. The SMILES string of the molecule is CC1=CCCN(S(=O)(=O)c2c(C)[nH]c(C(=O)O)c2C)C1. The number of carboxylic acids is 1. The predicted octanol–water partition coefficient (Wildman–Crippen LogP) is 1.67. The number of rotatable bonds is 3. The van der Waals surface area contributed by atoms with E-state index in [1.54, 1.807) is 6.92 Å². The molecule has 0 atom stereocenters. The molecule has 7 heteroatoms. The normalized spacial score (nSPS) is 17.1. The van der Waals surface area contributed by atoms with Crippen LogP contribution >= 0.6 is 0 Å². The van der Waals surface area contributed by atoms with Gasteiger partial charge in [0.25, 0.3) is 0 Å². The van der Waals surface area contributed by atoms with Crippen LogP contribution in [0.1, 0.15) is 35.1 Å². The summed E-state index contributed by atoms with van der Waals surface area (Å²) in [6.07, 6.45) is 2.70. The monoisotopic (exact) mass is 298 g/mol. The molecule has 20 heavy (non-hydrogen) atoms. The topological polar surface area (TPSA) is 90.5 Å². The largest absolute Gasteiger partial charge is 0.477 e. The molecule has 1 aromatic heterocycles. The second-order valence-electron chi connectivity index (χ2n) is 5.06. The average molecular weight is 298 g/mol. The number of nitrogens with one attached hydrogen (secondary N) is 1. The number of carbonyl (C=O) groups is 1. The molecule has 6 nitrogen and oxygen atoms in total. The van der Waals surface area contributed by atoms with Gasteiger partial charge < -0.3 is 10.1 Å². The zero-order valence-electron chi connectivity index (χ0n) is 11.7. The van der Waals surface area contributed by atoms with Crippen molar-refractivity contribution in [1.29, 1.82) is 0 Å².